The van der Waals surface area contributed by atoms with Crippen molar-refractivity contribution in [3.63, 3.8) is 0 Å². The normalized spacial score (nSPS) is 20.7. The van der Waals surface area contributed by atoms with Crippen molar-refractivity contribution in [2.75, 3.05) is 0 Å². The summed E-state index contributed by atoms with van der Waals surface area (Å²) < 4.78 is 46.2. The average molecular weight is 376 g/mol. The predicted molar refractivity (Wildman–Crippen MR) is 105 cm³/mol. The molecule has 0 aromatic heterocycles. The number of halogens is 3. The Kier molecular flexibility index (Phi) is 6.46. The fourth-order valence-corrected chi connectivity index (χ4v) is 4.39. The van der Waals surface area contributed by atoms with Crippen molar-refractivity contribution >= 4 is 16.8 Å². The van der Waals surface area contributed by atoms with Crippen LogP contribution in [-0.2, 0) is 0 Å². The molecule has 0 spiro atoms. The summed E-state index contributed by atoms with van der Waals surface area (Å²) >= 11 is 0. The SMILES string of the molecule is C/C=C/c1ccc2c(F)c(C3CCC(CCC)CC3)c(OC(F)F)cc2c1. The van der Waals surface area contributed by atoms with Crippen molar-refractivity contribution < 1.29 is 17.9 Å². The van der Waals surface area contributed by atoms with Gasteiger partial charge in [0, 0.05) is 10.9 Å². The molecule has 0 saturated heterocycles. The third-order valence-electron chi connectivity index (χ3n) is 5.63. The smallest absolute Gasteiger partial charge is 0.387 e. The minimum Gasteiger partial charge on any atom is -0.434 e. The number of hydrogen-bond donors (Lipinski definition) is 0. The Bertz CT molecular complexity index is 805. The second kappa shape index (κ2) is 8.81. The van der Waals surface area contributed by atoms with Gasteiger partial charge in [-0.1, -0.05) is 44.1 Å². The summed E-state index contributed by atoms with van der Waals surface area (Å²) in [5.74, 6) is 0.185. The Morgan fingerprint density at radius 1 is 1.15 bits per heavy atom. The van der Waals surface area contributed by atoms with Crippen molar-refractivity contribution in [3.05, 3.63) is 47.3 Å². The van der Waals surface area contributed by atoms with Crippen LogP contribution in [0.2, 0.25) is 0 Å². The van der Waals surface area contributed by atoms with E-state index in [1.165, 1.54) is 6.42 Å². The van der Waals surface area contributed by atoms with Gasteiger partial charge < -0.3 is 4.74 Å². The average Bonchev–Trinajstić information content (AvgIpc) is 2.63. The van der Waals surface area contributed by atoms with Gasteiger partial charge >= 0.3 is 6.61 Å². The maximum absolute atomic E-state index is 15.4. The quantitative estimate of drug-likeness (QED) is 0.502. The first-order chi connectivity index (χ1) is 13.0. The lowest BCUT2D eigenvalue weighted by Gasteiger charge is -2.30. The van der Waals surface area contributed by atoms with Gasteiger partial charge in [0.1, 0.15) is 11.6 Å². The molecule has 0 amide bonds. The Hall–Kier alpha value is -1.97. The lowest BCUT2D eigenvalue weighted by molar-refractivity contribution is -0.0508. The van der Waals surface area contributed by atoms with Crippen LogP contribution < -0.4 is 4.74 Å². The van der Waals surface area contributed by atoms with Crippen molar-refractivity contribution in [2.45, 2.75) is 64.9 Å². The van der Waals surface area contributed by atoms with Gasteiger partial charge in [-0.3, -0.25) is 0 Å². The van der Waals surface area contributed by atoms with Gasteiger partial charge in [0.25, 0.3) is 0 Å². The van der Waals surface area contributed by atoms with Crippen molar-refractivity contribution in [3.8, 4) is 5.75 Å². The zero-order valence-corrected chi connectivity index (χ0v) is 16.0. The van der Waals surface area contributed by atoms with Gasteiger partial charge in [0.15, 0.2) is 0 Å². The Morgan fingerprint density at radius 3 is 2.52 bits per heavy atom. The highest BCUT2D eigenvalue weighted by atomic mass is 19.3. The number of rotatable bonds is 6. The minimum atomic E-state index is -2.96. The predicted octanol–water partition coefficient (Wildman–Crippen LogP) is 7.69. The lowest BCUT2D eigenvalue weighted by atomic mass is 9.76. The van der Waals surface area contributed by atoms with Crippen LogP contribution in [0.4, 0.5) is 13.2 Å². The van der Waals surface area contributed by atoms with Gasteiger partial charge in [-0.05, 0) is 67.5 Å². The van der Waals surface area contributed by atoms with Gasteiger partial charge in [-0.2, -0.15) is 8.78 Å². The Balaban J connectivity index is 2.02. The molecule has 1 fully saturated rings. The molecule has 0 unspecified atom stereocenters. The van der Waals surface area contributed by atoms with Crippen LogP contribution in [0.3, 0.4) is 0 Å². The monoisotopic (exact) mass is 376 g/mol. The zero-order chi connectivity index (χ0) is 19.4. The molecular formula is C23H27F3O. The van der Waals surface area contributed by atoms with E-state index in [4.69, 9.17) is 4.74 Å². The molecule has 0 bridgehead atoms. The minimum absolute atomic E-state index is 0.00781. The van der Waals surface area contributed by atoms with E-state index in [9.17, 15) is 8.78 Å². The van der Waals surface area contributed by atoms with Crippen molar-refractivity contribution in [2.24, 2.45) is 5.92 Å². The molecule has 0 aliphatic heterocycles. The van der Waals surface area contributed by atoms with Crippen LogP contribution in [0, 0.1) is 11.7 Å². The second-order valence-corrected chi connectivity index (χ2v) is 7.47. The molecule has 1 aliphatic rings. The molecule has 1 nitrogen and oxygen atoms in total. The third-order valence-corrected chi connectivity index (χ3v) is 5.63. The van der Waals surface area contributed by atoms with Crippen molar-refractivity contribution in [1.82, 2.24) is 0 Å². The largest absolute Gasteiger partial charge is 0.434 e. The lowest BCUT2D eigenvalue weighted by Crippen LogP contribution is -2.16. The van der Waals surface area contributed by atoms with Gasteiger partial charge in [-0.25, -0.2) is 4.39 Å². The zero-order valence-electron chi connectivity index (χ0n) is 16.0. The summed E-state index contributed by atoms with van der Waals surface area (Å²) in [6.07, 6.45) is 9.79. The van der Waals surface area contributed by atoms with E-state index in [0.29, 0.717) is 22.3 Å². The molecular weight excluding hydrogens is 349 g/mol. The first kappa shape index (κ1) is 19.8. The standard InChI is InChI=1S/C23H27F3O/c1-3-5-15-7-10-17(11-8-15)21-20(27-23(25)26)14-18-13-16(6-4-2)9-12-19(18)22(21)24/h4,6,9,12-15,17,23H,3,5,7-8,10-11H2,1-2H3/b6-4+. The Labute approximate surface area is 159 Å². The first-order valence-electron chi connectivity index (χ1n) is 9.87. The summed E-state index contributed by atoms with van der Waals surface area (Å²) in [4.78, 5) is 0. The maximum atomic E-state index is 15.4. The van der Waals surface area contributed by atoms with E-state index in [2.05, 4.69) is 6.92 Å². The van der Waals surface area contributed by atoms with E-state index >= 15 is 4.39 Å². The van der Waals surface area contributed by atoms with Crippen LogP contribution in [0.5, 0.6) is 5.75 Å². The summed E-state index contributed by atoms with van der Waals surface area (Å²) in [7, 11) is 0. The molecule has 2 aromatic carbocycles. The summed E-state index contributed by atoms with van der Waals surface area (Å²) in [6.45, 7) is 1.11. The molecule has 0 heterocycles. The summed E-state index contributed by atoms with van der Waals surface area (Å²) in [6, 6.07) is 6.96. The summed E-state index contributed by atoms with van der Waals surface area (Å²) in [5.41, 5.74) is 1.23. The van der Waals surface area contributed by atoms with Crippen LogP contribution >= 0.6 is 0 Å². The maximum Gasteiger partial charge on any atom is 0.387 e. The molecule has 1 aliphatic carbocycles. The van der Waals surface area contributed by atoms with Gasteiger partial charge in [-0.15, -0.1) is 0 Å². The van der Waals surface area contributed by atoms with E-state index in [1.54, 1.807) is 18.2 Å². The van der Waals surface area contributed by atoms with Gasteiger partial charge in [0.05, 0.1) is 0 Å². The molecule has 0 atom stereocenters. The van der Waals surface area contributed by atoms with Crippen LogP contribution in [0.1, 0.15) is 69.4 Å². The summed E-state index contributed by atoms with van der Waals surface area (Å²) in [5, 5.41) is 1.05. The molecule has 3 rings (SSSR count). The molecule has 2 aromatic rings. The highest BCUT2D eigenvalue weighted by Crippen LogP contribution is 2.44. The highest BCUT2D eigenvalue weighted by Gasteiger charge is 2.29. The van der Waals surface area contributed by atoms with E-state index in [0.717, 1.165) is 37.7 Å². The van der Waals surface area contributed by atoms with Crippen LogP contribution in [0.15, 0.2) is 30.3 Å². The molecule has 146 valence electrons. The molecule has 1 saturated carbocycles. The molecule has 0 radical (unpaired) electrons. The number of alkyl halides is 2. The van der Waals surface area contributed by atoms with Crippen molar-refractivity contribution in [1.29, 1.82) is 0 Å². The van der Waals surface area contributed by atoms with E-state index in [-0.39, 0.29) is 11.7 Å². The fourth-order valence-electron chi connectivity index (χ4n) is 4.39. The number of fused-ring (bicyclic) bond motifs is 1. The number of allylic oxidation sites excluding steroid dienone is 1. The number of ether oxygens (including phenoxy) is 1. The van der Waals surface area contributed by atoms with Gasteiger partial charge in [0.2, 0.25) is 0 Å². The third kappa shape index (κ3) is 4.48. The topological polar surface area (TPSA) is 9.23 Å². The van der Waals surface area contributed by atoms with Crippen LogP contribution in [0.25, 0.3) is 16.8 Å². The first-order valence-corrected chi connectivity index (χ1v) is 9.87. The highest BCUT2D eigenvalue weighted by molar-refractivity contribution is 5.88. The molecule has 27 heavy (non-hydrogen) atoms. The number of hydrogen-bond acceptors (Lipinski definition) is 1. The number of benzene rings is 2. The second-order valence-electron chi connectivity index (χ2n) is 7.47. The molecule has 4 heteroatoms. The van der Waals surface area contributed by atoms with Crippen LogP contribution in [-0.4, -0.2) is 6.61 Å². The fraction of sp³-hybridized carbons (Fsp3) is 0.478. The van der Waals surface area contributed by atoms with E-state index in [1.807, 2.05) is 25.1 Å². The van der Waals surface area contributed by atoms with E-state index < -0.39 is 12.4 Å². The molecule has 0 N–H and O–H groups in total. The Morgan fingerprint density at radius 2 is 1.89 bits per heavy atom.